The highest BCUT2D eigenvalue weighted by Gasteiger charge is 2.42. The predicted octanol–water partition coefficient (Wildman–Crippen LogP) is 3.15. The van der Waals surface area contributed by atoms with E-state index in [2.05, 4.69) is 85.6 Å². The van der Waals surface area contributed by atoms with Crippen molar-refractivity contribution in [1.82, 2.24) is 4.90 Å². The first-order chi connectivity index (χ1) is 8.36. The van der Waals surface area contributed by atoms with E-state index in [0.717, 1.165) is 4.61 Å². The number of hydrogen-bond acceptors (Lipinski definition) is 3. The number of fused-ring (bicyclic) bond motifs is 3. The predicted molar refractivity (Wildman–Crippen MR) is 72.3 cm³/mol. The highest BCUT2D eigenvalue weighted by Crippen LogP contribution is 2.47. The third kappa shape index (κ3) is 1.11. The van der Waals surface area contributed by atoms with Crippen molar-refractivity contribution in [2.24, 2.45) is 0 Å². The second-order valence-electron chi connectivity index (χ2n) is 4.19. The molecule has 0 fully saturated rings. The molecule has 0 spiro atoms. The van der Waals surface area contributed by atoms with Gasteiger partial charge in [0.25, 0.3) is 0 Å². The SMILES string of the molecule is BrC1=CN2C=CC=CN3c4ccccc4N1C23. The zero-order chi connectivity index (χ0) is 11.4. The van der Waals surface area contributed by atoms with Crippen LogP contribution in [0.4, 0.5) is 11.4 Å². The molecule has 1 aromatic rings. The summed E-state index contributed by atoms with van der Waals surface area (Å²) < 4.78 is 1.09. The zero-order valence-corrected chi connectivity index (χ0v) is 10.6. The van der Waals surface area contributed by atoms with Gasteiger partial charge in [-0.25, -0.2) is 0 Å². The molecule has 1 aromatic carbocycles. The summed E-state index contributed by atoms with van der Waals surface area (Å²) in [5, 5.41) is 0. The summed E-state index contributed by atoms with van der Waals surface area (Å²) in [7, 11) is 0. The topological polar surface area (TPSA) is 9.72 Å². The summed E-state index contributed by atoms with van der Waals surface area (Å²) in [5.41, 5.74) is 2.48. The van der Waals surface area contributed by atoms with Gasteiger partial charge in [-0.3, -0.25) is 4.90 Å². The summed E-state index contributed by atoms with van der Waals surface area (Å²) in [6.07, 6.45) is 10.6. The Balaban J connectivity index is 1.97. The molecule has 0 saturated heterocycles. The van der Waals surface area contributed by atoms with Crippen molar-refractivity contribution in [1.29, 1.82) is 0 Å². The fourth-order valence-electron chi connectivity index (χ4n) is 2.58. The summed E-state index contributed by atoms with van der Waals surface area (Å²) in [6.45, 7) is 0. The fraction of sp³-hybridized carbons (Fsp3) is 0.0769. The first-order valence-electron chi connectivity index (χ1n) is 5.53. The smallest absolute Gasteiger partial charge is 0.193 e. The minimum Gasteiger partial charge on any atom is -0.313 e. The Morgan fingerprint density at radius 1 is 1.00 bits per heavy atom. The molecule has 4 heteroatoms. The number of hydrogen-bond donors (Lipinski definition) is 0. The Kier molecular flexibility index (Phi) is 1.74. The molecule has 0 aliphatic carbocycles. The Morgan fingerprint density at radius 3 is 2.65 bits per heavy atom. The molecule has 0 amide bonds. The molecular formula is C13H10BrN3. The Labute approximate surface area is 108 Å². The standard InChI is InChI=1S/C13H10BrN3/c14-12-9-15-7-3-4-8-16-10-5-1-2-6-11(10)17(12)13(15)16/h1-9,13H. The van der Waals surface area contributed by atoms with Gasteiger partial charge in [0.1, 0.15) is 4.61 Å². The Morgan fingerprint density at radius 2 is 1.76 bits per heavy atom. The fourth-order valence-corrected chi connectivity index (χ4v) is 3.19. The molecule has 3 aliphatic rings. The lowest BCUT2D eigenvalue weighted by Gasteiger charge is -2.29. The molecule has 1 atom stereocenters. The lowest BCUT2D eigenvalue weighted by atomic mass is 10.2. The van der Waals surface area contributed by atoms with Crippen molar-refractivity contribution in [3.05, 3.63) is 59.6 Å². The molecule has 17 heavy (non-hydrogen) atoms. The minimum absolute atomic E-state index is 0.191. The van der Waals surface area contributed by atoms with Crippen LogP contribution in [0.3, 0.4) is 0 Å². The Hall–Kier alpha value is -1.68. The first kappa shape index (κ1) is 9.36. The van der Waals surface area contributed by atoms with Gasteiger partial charge in [-0.1, -0.05) is 12.1 Å². The number of nitrogens with zero attached hydrogens (tertiary/aromatic N) is 3. The average Bonchev–Trinajstić information content (AvgIpc) is 2.75. The van der Waals surface area contributed by atoms with Crippen LogP contribution in [-0.2, 0) is 0 Å². The highest BCUT2D eigenvalue weighted by atomic mass is 79.9. The Bertz CT molecular complexity index is 576. The van der Waals surface area contributed by atoms with Crippen LogP contribution < -0.4 is 9.80 Å². The van der Waals surface area contributed by atoms with Crippen LogP contribution in [-0.4, -0.2) is 11.2 Å². The first-order valence-corrected chi connectivity index (χ1v) is 6.32. The van der Waals surface area contributed by atoms with Crippen molar-refractivity contribution in [3.8, 4) is 0 Å². The molecule has 0 saturated carbocycles. The van der Waals surface area contributed by atoms with Gasteiger partial charge in [0.15, 0.2) is 6.29 Å². The van der Waals surface area contributed by atoms with E-state index >= 15 is 0 Å². The zero-order valence-electron chi connectivity index (χ0n) is 8.99. The van der Waals surface area contributed by atoms with Gasteiger partial charge in [-0.2, -0.15) is 0 Å². The van der Waals surface area contributed by atoms with Gasteiger partial charge >= 0.3 is 0 Å². The van der Waals surface area contributed by atoms with Gasteiger partial charge in [-0.15, -0.1) is 0 Å². The second kappa shape index (κ2) is 3.17. The molecule has 3 heterocycles. The van der Waals surface area contributed by atoms with Crippen LogP contribution >= 0.6 is 15.9 Å². The third-order valence-electron chi connectivity index (χ3n) is 3.27. The van der Waals surface area contributed by atoms with Crippen LogP contribution in [0.5, 0.6) is 0 Å². The van der Waals surface area contributed by atoms with Crippen LogP contribution in [0.15, 0.2) is 59.6 Å². The summed E-state index contributed by atoms with van der Waals surface area (Å²) in [4.78, 5) is 6.76. The number of halogens is 1. The monoisotopic (exact) mass is 287 g/mol. The van der Waals surface area contributed by atoms with E-state index in [1.165, 1.54) is 11.4 Å². The van der Waals surface area contributed by atoms with E-state index in [1.54, 1.807) is 0 Å². The second-order valence-corrected chi connectivity index (χ2v) is 5.01. The number of anilines is 2. The van der Waals surface area contributed by atoms with E-state index in [0.29, 0.717) is 0 Å². The third-order valence-corrected chi connectivity index (χ3v) is 3.85. The molecular weight excluding hydrogens is 278 g/mol. The van der Waals surface area contributed by atoms with Gasteiger partial charge in [0, 0.05) is 18.6 Å². The molecule has 84 valence electrons. The summed E-state index contributed by atoms with van der Waals surface area (Å²) in [6, 6.07) is 8.46. The van der Waals surface area contributed by atoms with Crippen LogP contribution in [0, 0.1) is 0 Å². The van der Waals surface area contributed by atoms with Crippen molar-refractivity contribution >= 4 is 27.3 Å². The van der Waals surface area contributed by atoms with Crippen molar-refractivity contribution < 1.29 is 0 Å². The van der Waals surface area contributed by atoms with E-state index in [-0.39, 0.29) is 6.29 Å². The van der Waals surface area contributed by atoms with Gasteiger partial charge in [-0.05, 0) is 40.2 Å². The molecule has 1 unspecified atom stereocenters. The number of rotatable bonds is 0. The summed E-state index contributed by atoms with van der Waals surface area (Å²) >= 11 is 3.64. The molecule has 3 nitrogen and oxygen atoms in total. The van der Waals surface area contributed by atoms with E-state index in [9.17, 15) is 0 Å². The lowest BCUT2D eigenvalue weighted by molar-refractivity contribution is 0.412. The number of allylic oxidation sites excluding steroid dienone is 2. The van der Waals surface area contributed by atoms with Crippen molar-refractivity contribution in [2.45, 2.75) is 6.29 Å². The van der Waals surface area contributed by atoms with Crippen molar-refractivity contribution in [3.63, 3.8) is 0 Å². The molecule has 0 radical (unpaired) electrons. The van der Waals surface area contributed by atoms with Crippen molar-refractivity contribution in [2.75, 3.05) is 9.80 Å². The number of benzene rings is 1. The maximum absolute atomic E-state index is 3.64. The van der Waals surface area contributed by atoms with Gasteiger partial charge in [0.2, 0.25) is 0 Å². The quantitative estimate of drug-likeness (QED) is 0.679. The van der Waals surface area contributed by atoms with Crippen LogP contribution in [0.2, 0.25) is 0 Å². The van der Waals surface area contributed by atoms with Gasteiger partial charge < -0.3 is 9.80 Å². The van der Waals surface area contributed by atoms with Crippen LogP contribution in [0.25, 0.3) is 0 Å². The lowest BCUT2D eigenvalue weighted by Crippen LogP contribution is -2.43. The maximum atomic E-state index is 3.64. The minimum atomic E-state index is 0.191. The molecule has 0 N–H and O–H groups in total. The summed E-state index contributed by atoms with van der Waals surface area (Å²) in [5.74, 6) is 0. The molecule has 0 aromatic heterocycles. The van der Waals surface area contributed by atoms with Gasteiger partial charge in [0.05, 0.1) is 11.4 Å². The van der Waals surface area contributed by atoms with E-state index in [4.69, 9.17) is 0 Å². The van der Waals surface area contributed by atoms with Crippen LogP contribution in [0.1, 0.15) is 0 Å². The highest BCUT2D eigenvalue weighted by molar-refractivity contribution is 9.11. The normalized spacial score (nSPS) is 23.7. The van der Waals surface area contributed by atoms with E-state index in [1.807, 2.05) is 0 Å². The molecule has 0 bridgehead atoms. The maximum Gasteiger partial charge on any atom is 0.193 e. The van der Waals surface area contributed by atoms with E-state index < -0.39 is 0 Å². The molecule has 4 rings (SSSR count). The molecule has 3 aliphatic heterocycles. The largest absolute Gasteiger partial charge is 0.313 e. The number of para-hydroxylation sites is 2. The average molecular weight is 288 g/mol.